The second-order valence-electron chi connectivity index (χ2n) is 8.77. The zero-order valence-electron chi connectivity index (χ0n) is 20.2. The highest BCUT2D eigenvalue weighted by Crippen LogP contribution is 2.27. The molecule has 1 saturated heterocycles. The van der Waals surface area contributed by atoms with Crippen LogP contribution in [0.1, 0.15) is 15.9 Å². The van der Waals surface area contributed by atoms with E-state index in [2.05, 4.69) is 20.0 Å². The fourth-order valence-electron chi connectivity index (χ4n) is 4.33. The maximum Gasteiger partial charge on any atom is 0.573 e. The molecule has 1 aliphatic heterocycles. The predicted molar refractivity (Wildman–Crippen MR) is 137 cm³/mol. The Morgan fingerprint density at radius 1 is 0.947 bits per heavy atom. The molecule has 0 bridgehead atoms. The van der Waals surface area contributed by atoms with Gasteiger partial charge >= 0.3 is 6.36 Å². The topological polar surface area (TPSA) is 90.6 Å². The SMILES string of the molecule is O=C(c1ccc(NCc2ccccc2OC(F)(F)F)cc1)N1CCN(c2nc3ccccc3c(=O)[nH]2)CC1. The third-order valence-corrected chi connectivity index (χ3v) is 6.28. The smallest absolute Gasteiger partial charge is 0.405 e. The summed E-state index contributed by atoms with van der Waals surface area (Å²) < 4.78 is 42.0. The molecule has 11 heteroatoms. The highest BCUT2D eigenvalue weighted by atomic mass is 19.4. The monoisotopic (exact) mass is 523 g/mol. The molecule has 3 aromatic carbocycles. The van der Waals surface area contributed by atoms with Crippen LogP contribution >= 0.6 is 0 Å². The van der Waals surface area contributed by atoms with Crippen LogP contribution in [-0.2, 0) is 6.54 Å². The van der Waals surface area contributed by atoms with Gasteiger partial charge in [0, 0.05) is 49.5 Å². The zero-order valence-corrected chi connectivity index (χ0v) is 20.2. The van der Waals surface area contributed by atoms with Gasteiger partial charge < -0.3 is 19.9 Å². The number of H-pyrrole nitrogens is 1. The minimum atomic E-state index is -4.77. The van der Waals surface area contributed by atoms with Gasteiger partial charge in [0.15, 0.2) is 0 Å². The fourth-order valence-corrected chi connectivity index (χ4v) is 4.33. The van der Waals surface area contributed by atoms with Crippen molar-refractivity contribution < 1.29 is 22.7 Å². The van der Waals surface area contributed by atoms with Crippen molar-refractivity contribution in [2.24, 2.45) is 0 Å². The summed E-state index contributed by atoms with van der Waals surface area (Å²) in [7, 11) is 0. The number of benzene rings is 3. The molecule has 1 amide bonds. The largest absolute Gasteiger partial charge is 0.573 e. The molecule has 0 spiro atoms. The van der Waals surface area contributed by atoms with Gasteiger partial charge in [-0.25, -0.2) is 4.98 Å². The number of rotatable bonds is 6. The first-order chi connectivity index (χ1) is 18.3. The summed E-state index contributed by atoms with van der Waals surface area (Å²) >= 11 is 0. The first-order valence-electron chi connectivity index (χ1n) is 12.0. The van der Waals surface area contributed by atoms with E-state index < -0.39 is 6.36 Å². The van der Waals surface area contributed by atoms with Crippen molar-refractivity contribution in [3.8, 4) is 5.75 Å². The van der Waals surface area contributed by atoms with Crippen molar-refractivity contribution >= 4 is 28.4 Å². The van der Waals surface area contributed by atoms with Crippen LogP contribution in [0, 0.1) is 0 Å². The Labute approximate surface area is 215 Å². The standard InChI is InChI=1S/C27H24F3N5O3/c28-27(29,30)38-23-8-4-1-5-19(23)17-31-20-11-9-18(10-12-20)25(37)34-13-15-35(16-14-34)26-32-22-7-3-2-6-21(22)24(36)33-26/h1-12,31H,13-17H2,(H,32,33,36). The molecule has 1 aliphatic rings. The van der Waals surface area contributed by atoms with E-state index in [0.29, 0.717) is 59.8 Å². The van der Waals surface area contributed by atoms with Gasteiger partial charge in [0.05, 0.1) is 10.9 Å². The molecule has 2 heterocycles. The Morgan fingerprint density at radius 3 is 2.37 bits per heavy atom. The number of para-hydroxylation sites is 2. The van der Waals surface area contributed by atoms with E-state index in [9.17, 15) is 22.8 Å². The molecule has 38 heavy (non-hydrogen) atoms. The number of aromatic nitrogens is 2. The number of amides is 1. The van der Waals surface area contributed by atoms with Crippen LogP contribution in [0.3, 0.4) is 0 Å². The number of hydrogen-bond acceptors (Lipinski definition) is 6. The summed E-state index contributed by atoms with van der Waals surface area (Å²) in [6.45, 7) is 2.08. The molecule has 8 nitrogen and oxygen atoms in total. The van der Waals surface area contributed by atoms with Gasteiger partial charge in [0.2, 0.25) is 5.95 Å². The fraction of sp³-hybridized carbons (Fsp3) is 0.222. The van der Waals surface area contributed by atoms with Crippen molar-refractivity contribution in [3.63, 3.8) is 0 Å². The van der Waals surface area contributed by atoms with Gasteiger partial charge in [-0.05, 0) is 42.5 Å². The first-order valence-corrected chi connectivity index (χ1v) is 12.0. The van der Waals surface area contributed by atoms with Crippen LogP contribution in [0.4, 0.5) is 24.8 Å². The summed E-state index contributed by atoms with van der Waals surface area (Å²) in [5.74, 6) is 0.0972. The number of hydrogen-bond donors (Lipinski definition) is 2. The van der Waals surface area contributed by atoms with E-state index in [1.165, 1.54) is 12.1 Å². The molecular formula is C27H24F3N5O3. The maximum atomic E-state index is 13.0. The van der Waals surface area contributed by atoms with Crippen LogP contribution in [0.2, 0.25) is 0 Å². The van der Waals surface area contributed by atoms with Gasteiger partial charge in [-0.15, -0.1) is 13.2 Å². The third-order valence-electron chi connectivity index (χ3n) is 6.28. The Kier molecular flexibility index (Phi) is 6.91. The van der Waals surface area contributed by atoms with Crippen molar-refractivity contribution in [2.45, 2.75) is 12.9 Å². The van der Waals surface area contributed by atoms with Gasteiger partial charge in [0.25, 0.3) is 11.5 Å². The van der Waals surface area contributed by atoms with Crippen LogP contribution in [0.15, 0.2) is 77.6 Å². The Balaban J connectivity index is 1.18. The van der Waals surface area contributed by atoms with Crippen molar-refractivity contribution in [1.82, 2.24) is 14.9 Å². The average Bonchev–Trinajstić information content (AvgIpc) is 2.92. The number of anilines is 2. The minimum Gasteiger partial charge on any atom is -0.405 e. The molecule has 1 fully saturated rings. The second-order valence-corrected chi connectivity index (χ2v) is 8.77. The normalized spacial score (nSPS) is 14.0. The van der Waals surface area contributed by atoms with Crippen LogP contribution in [-0.4, -0.2) is 53.3 Å². The van der Waals surface area contributed by atoms with E-state index in [1.54, 1.807) is 59.5 Å². The molecule has 0 atom stereocenters. The maximum absolute atomic E-state index is 13.0. The summed E-state index contributed by atoms with van der Waals surface area (Å²) in [5, 5.41) is 3.59. The summed E-state index contributed by atoms with van der Waals surface area (Å²) in [6, 6.07) is 19.8. The van der Waals surface area contributed by atoms with E-state index in [-0.39, 0.29) is 23.8 Å². The molecular weight excluding hydrogens is 499 g/mol. The summed E-state index contributed by atoms with van der Waals surface area (Å²) in [6.07, 6.45) is -4.77. The minimum absolute atomic E-state index is 0.117. The van der Waals surface area contributed by atoms with Gasteiger partial charge in [-0.2, -0.15) is 0 Å². The Bertz CT molecular complexity index is 1500. The van der Waals surface area contributed by atoms with Gasteiger partial charge in [-0.1, -0.05) is 30.3 Å². The van der Waals surface area contributed by atoms with Gasteiger partial charge in [0.1, 0.15) is 5.75 Å². The molecule has 2 N–H and O–H groups in total. The molecule has 0 radical (unpaired) electrons. The summed E-state index contributed by atoms with van der Waals surface area (Å²) in [5.41, 5.74) is 1.93. The second kappa shape index (κ2) is 10.4. The lowest BCUT2D eigenvalue weighted by Gasteiger charge is -2.35. The van der Waals surface area contributed by atoms with Crippen LogP contribution in [0.25, 0.3) is 10.9 Å². The Hall–Kier alpha value is -4.54. The number of nitrogens with zero attached hydrogens (tertiary/aromatic N) is 3. The van der Waals surface area contributed by atoms with Crippen LogP contribution < -0.4 is 20.5 Å². The van der Waals surface area contributed by atoms with Crippen LogP contribution in [0.5, 0.6) is 5.75 Å². The molecule has 1 aromatic heterocycles. The van der Waals surface area contributed by atoms with E-state index in [4.69, 9.17) is 0 Å². The van der Waals surface area contributed by atoms with Crippen molar-refractivity contribution in [3.05, 3.63) is 94.3 Å². The first kappa shape index (κ1) is 25.1. The van der Waals surface area contributed by atoms with E-state index >= 15 is 0 Å². The molecule has 0 aliphatic carbocycles. The number of carbonyl (C=O) groups is 1. The van der Waals surface area contributed by atoms with E-state index in [0.717, 1.165) is 0 Å². The quantitative estimate of drug-likeness (QED) is 0.390. The molecule has 5 rings (SSSR count). The number of nitrogens with one attached hydrogen (secondary N) is 2. The number of carbonyl (C=O) groups excluding carboxylic acids is 1. The highest BCUT2D eigenvalue weighted by Gasteiger charge is 2.32. The number of fused-ring (bicyclic) bond motifs is 1. The number of alkyl halides is 3. The van der Waals surface area contributed by atoms with Crippen molar-refractivity contribution in [1.29, 1.82) is 0 Å². The average molecular weight is 524 g/mol. The highest BCUT2D eigenvalue weighted by molar-refractivity contribution is 5.94. The number of piperazine rings is 1. The molecule has 4 aromatic rings. The predicted octanol–water partition coefficient (Wildman–Crippen LogP) is 4.40. The van der Waals surface area contributed by atoms with Crippen molar-refractivity contribution in [2.75, 3.05) is 36.4 Å². The lowest BCUT2D eigenvalue weighted by molar-refractivity contribution is -0.274. The number of ether oxygens (including phenoxy) is 1. The zero-order chi connectivity index (χ0) is 26.7. The lowest BCUT2D eigenvalue weighted by atomic mass is 10.1. The molecule has 0 saturated carbocycles. The Morgan fingerprint density at radius 2 is 1.63 bits per heavy atom. The third kappa shape index (κ3) is 5.72. The molecule has 196 valence electrons. The van der Waals surface area contributed by atoms with E-state index in [1.807, 2.05) is 11.0 Å². The lowest BCUT2D eigenvalue weighted by Crippen LogP contribution is -2.49. The van der Waals surface area contributed by atoms with Gasteiger partial charge in [-0.3, -0.25) is 14.6 Å². The number of aromatic amines is 1. The number of halogens is 3. The molecule has 0 unspecified atom stereocenters. The summed E-state index contributed by atoms with van der Waals surface area (Å²) in [4.78, 5) is 36.5.